The molecule has 1 unspecified atom stereocenters. The maximum absolute atomic E-state index is 11.0. The third-order valence-electron chi connectivity index (χ3n) is 9.37. The first-order chi connectivity index (χ1) is 21.8. The lowest BCUT2D eigenvalue weighted by atomic mass is 9.89. The fourth-order valence-electron chi connectivity index (χ4n) is 6.45. The normalized spacial score (nSPS) is 21.9. The van der Waals surface area contributed by atoms with Crippen LogP contribution in [0.25, 0.3) is 21.5 Å². The first kappa shape index (κ1) is 32.0. The van der Waals surface area contributed by atoms with Gasteiger partial charge in [-0.05, 0) is 111 Å². The highest BCUT2D eigenvalue weighted by Gasteiger charge is 2.22. The summed E-state index contributed by atoms with van der Waals surface area (Å²) in [5, 5.41) is 32.5. The second-order valence-electron chi connectivity index (χ2n) is 12.9. The van der Waals surface area contributed by atoms with Crippen LogP contribution < -0.4 is 9.47 Å². The van der Waals surface area contributed by atoms with E-state index >= 15 is 0 Å². The molecular formula is C39H42N2O4. The number of nitriles is 2. The van der Waals surface area contributed by atoms with E-state index in [0.717, 1.165) is 70.9 Å². The number of aliphatic hydroxyl groups is 1. The number of benzene rings is 4. The Balaban J connectivity index is 0.000000178. The topological polar surface area (TPSA) is 103 Å². The number of hydrogen-bond acceptors (Lipinski definition) is 6. The van der Waals surface area contributed by atoms with Crippen LogP contribution in [0.2, 0.25) is 0 Å². The van der Waals surface area contributed by atoms with Crippen molar-refractivity contribution in [2.45, 2.75) is 90.4 Å². The number of aliphatic hydroxyl groups excluding tert-OH is 1. The number of rotatable bonds is 6. The largest absolute Gasteiger partial charge is 0.489 e. The van der Waals surface area contributed by atoms with E-state index in [4.69, 9.17) is 9.47 Å². The van der Waals surface area contributed by atoms with Gasteiger partial charge in [-0.2, -0.15) is 10.5 Å². The van der Waals surface area contributed by atoms with E-state index in [-0.39, 0.29) is 12.2 Å². The van der Waals surface area contributed by atoms with Gasteiger partial charge >= 0.3 is 0 Å². The molecule has 0 saturated heterocycles. The zero-order valence-corrected chi connectivity index (χ0v) is 26.5. The molecule has 0 bridgehead atoms. The van der Waals surface area contributed by atoms with Gasteiger partial charge in [-0.3, -0.25) is 4.79 Å². The number of nitrogens with zero attached hydrogens (tertiary/aromatic N) is 2. The molecule has 4 aromatic carbocycles. The molecule has 0 radical (unpaired) electrons. The number of aldehydes is 1. The summed E-state index contributed by atoms with van der Waals surface area (Å²) in [6.45, 7) is 6.29. The minimum Gasteiger partial charge on any atom is -0.489 e. The molecule has 0 aromatic heterocycles. The summed E-state index contributed by atoms with van der Waals surface area (Å²) in [4.78, 5) is 11.0. The summed E-state index contributed by atoms with van der Waals surface area (Å²) >= 11 is 0. The fraction of sp³-hybridized carbons (Fsp3) is 0.410. The molecule has 1 atom stereocenters. The summed E-state index contributed by atoms with van der Waals surface area (Å²) in [5.41, 5.74) is 2.49. The number of carbonyl (C=O) groups excluding carboxylic acids is 1. The first-order valence-electron chi connectivity index (χ1n) is 16.2. The Morgan fingerprint density at radius 2 is 1.16 bits per heavy atom. The Morgan fingerprint density at radius 1 is 0.711 bits per heavy atom. The van der Waals surface area contributed by atoms with Crippen molar-refractivity contribution >= 4 is 27.8 Å². The van der Waals surface area contributed by atoms with Gasteiger partial charge in [-0.25, -0.2) is 0 Å². The average molecular weight is 603 g/mol. The number of hydrogen-bond donors (Lipinski definition) is 1. The first-order valence-corrected chi connectivity index (χ1v) is 16.2. The van der Waals surface area contributed by atoms with Gasteiger partial charge in [0.2, 0.25) is 0 Å². The summed E-state index contributed by atoms with van der Waals surface area (Å²) in [6.07, 6.45) is 9.56. The van der Waals surface area contributed by atoms with Crippen molar-refractivity contribution in [3.8, 4) is 23.6 Å². The van der Waals surface area contributed by atoms with E-state index in [9.17, 15) is 20.4 Å². The van der Waals surface area contributed by atoms with Crippen LogP contribution in [0, 0.1) is 34.5 Å². The Bertz CT molecular complexity index is 1730. The van der Waals surface area contributed by atoms with Crippen molar-refractivity contribution in [1.29, 1.82) is 10.5 Å². The number of ether oxygens (including phenoxy) is 2. The molecule has 4 aromatic rings. The third-order valence-corrected chi connectivity index (χ3v) is 9.37. The monoisotopic (exact) mass is 602 g/mol. The summed E-state index contributed by atoms with van der Waals surface area (Å²) in [6, 6.07) is 23.4. The van der Waals surface area contributed by atoms with Crippen molar-refractivity contribution in [2.24, 2.45) is 11.8 Å². The molecule has 2 fully saturated rings. The van der Waals surface area contributed by atoms with Crippen molar-refractivity contribution in [3.05, 3.63) is 82.9 Å². The van der Waals surface area contributed by atoms with Crippen LogP contribution in [-0.4, -0.2) is 23.6 Å². The zero-order chi connectivity index (χ0) is 31.9. The SMILES string of the molecule is CC1CCC(Oc2ccc3ccc(C(C)O)cc3c2C#N)CC1.CC1CCC(Oc2ccc3ccc(C=O)cc3c2C#N)CC1. The van der Waals surface area contributed by atoms with Crippen molar-refractivity contribution in [2.75, 3.05) is 0 Å². The maximum atomic E-state index is 11.0. The highest BCUT2D eigenvalue weighted by molar-refractivity contribution is 5.94. The van der Waals surface area contributed by atoms with E-state index in [0.29, 0.717) is 28.2 Å². The van der Waals surface area contributed by atoms with E-state index < -0.39 is 6.10 Å². The molecule has 45 heavy (non-hydrogen) atoms. The number of fused-ring (bicyclic) bond motifs is 2. The van der Waals surface area contributed by atoms with Crippen LogP contribution in [0.3, 0.4) is 0 Å². The number of carbonyl (C=O) groups is 1. The molecule has 0 amide bonds. The van der Waals surface area contributed by atoms with Gasteiger partial charge in [0.1, 0.15) is 41.1 Å². The second-order valence-corrected chi connectivity index (χ2v) is 12.9. The molecule has 6 nitrogen and oxygen atoms in total. The van der Waals surface area contributed by atoms with Crippen LogP contribution in [0.4, 0.5) is 0 Å². The molecule has 6 heteroatoms. The zero-order valence-electron chi connectivity index (χ0n) is 26.5. The lowest BCUT2D eigenvalue weighted by molar-refractivity contribution is 0.112. The highest BCUT2D eigenvalue weighted by atomic mass is 16.5. The molecule has 0 heterocycles. The van der Waals surface area contributed by atoms with Crippen LogP contribution in [0.15, 0.2) is 60.7 Å². The van der Waals surface area contributed by atoms with Crippen LogP contribution >= 0.6 is 0 Å². The van der Waals surface area contributed by atoms with Gasteiger partial charge in [0, 0.05) is 16.3 Å². The summed E-state index contributed by atoms with van der Waals surface area (Å²) in [7, 11) is 0. The molecular weight excluding hydrogens is 560 g/mol. The molecule has 2 aliphatic rings. The molecule has 2 saturated carbocycles. The van der Waals surface area contributed by atoms with Gasteiger partial charge in [-0.15, -0.1) is 0 Å². The minimum atomic E-state index is -0.546. The van der Waals surface area contributed by atoms with E-state index in [1.54, 1.807) is 19.1 Å². The van der Waals surface area contributed by atoms with Crippen molar-refractivity contribution in [1.82, 2.24) is 0 Å². The van der Waals surface area contributed by atoms with E-state index in [1.807, 2.05) is 48.5 Å². The Morgan fingerprint density at radius 3 is 1.60 bits per heavy atom. The Kier molecular flexibility index (Phi) is 10.4. The van der Waals surface area contributed by atoms with Crippen LogP contribution in [0.1, 0.15) is 105 Å². The average Bonchev–Trinajstić information content (AvgIpc) is 3.06. The van der Waals surface area contributed by atoms with Crippen LogP contribution in [-0.2, 0) is 0 Å². The predicted molar refractivity (Wildman–Crippen MR) is 177 cm³/mol. The predicted octanol–water partition coefficient (Wildman–Crippen LogP) is 9.20. The molecule has 0 aliphatic heterocycles. The summed E-state index contributed by atoms with van der Waals surface area (Å²) in [5.74, 6) is 2.84. The van der Waals surface area contributed by atoms with Gasteiger partial charge in [0.05, 0.1) is 18.3 Å². The quantitative estimate of drug-likeness (QED) is 0.221. The lowest BCUT2D eigenvalue weighted by Gasteiger charge is -2.27. The minimum absolute atomic E-state index is 0.190. The van der Waals surface area contributed by atoms with E-state index in [2.05, 4.69) is 26.0 Å². The van der Waals surface area contributed by atoms with Crippen molar-refractivity contribution in [3.63, 3.8) is 0 Å². The molecule has 232 valence electrons. The van der Waals surface area contributed by atoms with Gasteiger partial charge < -0.3 is 14.6 Å². The van der Waals surface area contributed by atoms with Crippen molar-refractivity contribution < 1.29 is 19.4 Å². The molecule has 0 spiro atoms. The molecule has 6 rings (SSSR count). The highest BCUT2D eigenvalue weighted by Crippen LogP contribution is 2.34. The lowest BCUT2D eigenvalue weighted by Crippen LogP contribution is -2.23. The van der Waals surface area contributed by atoms with Gasteiger partial charge in [0.25, 0.3) is 0 Å². The van der Waals surface area contributed by atoms with Gasteiger partial charge in [-0.1, -0.05) is 50.2 Å². The van der Waals surface area contributed by atoms with Gasteiger partial charge in [0.15, 0.2) is 0 Å². The maximum Gasteiger partial charge on any atom is 0.150 e. The Hall–Kier alpha value is -4.39. The van der Waals surface area contributed by atoms with Crippen LogP contribution in [0.5, 0.6) is 11.5 Å². The Labute approximate surface area is 266 Å². The molecule has 2 aliphatic carbocycles. The molecule has 1 N–H and O–H groups in total. The smallest absolute Gasteiger partial charge is 0.150 e. The fourth-order valence-corrected chi connectivity index (χ4v) is 6.45. The standard InChI is InChI=1S/C20H23NO2.C19H19NO2/c1-13-3-8-17(9-4-13)23-20-10-7-15-5-6-16(14(2)22)11-18(15)19(20)12-21;1-13-2-7-16(8-3-13)22-19-9-6-15-5-4-14(12-21)10-17(15)18(19)11-20/h5-7,10-11,13-14,17,22H,3-4,8-9H2,1-2H3;4-6,9-10,12-13,16H,2-3,7-8H2,1H3. The second kappa shape index (κ2) is 14.6. The third kappa shape index (κ3) is 7.64. The summed E-state index contributed by atoms with van der Waals surface area (Å²) < 4.78 is 12.2. The van der Waals surface area contributed by atoms with E-state index in [1.165, 1.54) is 25.7 Å².